The van der Waals surface area contributed by atoms with Gasteiger partial charge in [-0.25, -0.2) is 0 Å². The molecule has 0 aromatic heterocycles. The average molecular weight is 248 g/mol. The summed E-state index contributed by atoms with van der Waals surface area (Å²) in [4.78, 5) is 12.1. The molecule has 1 aliphatic rings. The second kappa shape index (κ2) is 4.98. The van der Waals surface area contributed by atoms with Crippen molar-refractivity contribution < 1.29 is 9.90 Å². The van der Waals surface area contributed by atoms with Gasteiger partial charge < -0.3 is 15.7 Å². The molecule has 0 spiro atoms. The molecule has 98 valence electrons. The molecule has 1 unspecified atom stereocenters. The monoisotopic (exact) mass is 248 g/mol. The molecule has 1 aromatic carbocycles. The molecule has 1 aromatic rings. The molecular formula is C14H20N2O2. The lowest BCUT2D eigenvalue weighted by molar-refractivity contribution is -0.121. The summed E-state index contributed by atoms with van der Waals surface area (Å²) in [7, 11) is 0. The largest absolute Gasteiger partial charge is 0.508 e. The van der Waals surface area contributed by atoms with Crippen molar-refractivity contribution in [2.75, 3.05) is 18.4 Å². The summed E-state index contributed by atoms with van der Waals surface area (Å²) < 4.78 is 0. The van der Waals surface area contributed by atoms with Crippen LogP contribution in [0.5, 0.6) is 5.75 Å². The first-order valence-electron chi connectivity index (χ1n) is 6.31. The molecule has 3 N–H and O–H groups in total. The predicted molar refractivity (Wildman–Crippen MR) is 71.7 cm³/mol. The Morgan fingerprint density at radius 1 is 1.39 bits per heavy atom. The maximum Gasteiger partial charge on any atom is 0.227 e. The van der Waals surface area contributed by atoms with Gasteiger partial charge in [-0.1, -0.05) is 6.92 Å². The van der Waals surface area contributed by atoms with Gasteiger partial charge in [0.2, 0.25) is 5.91 Å². The third-order valence-corrected chi connectivity index (χ3v) is 3.73. The second-order valence-corrected chi connectivity index (χ2v) is 5.15. The van der Waals surface area contributed by atoms with Crippen LogP contribution in [0.2, 0.25) is 0 Å². The summed E-state index contributed by atoms with van der Waals surface area (Å²) in [5.41, 5.74) is 2.44. The number of carbonyl (C=O) groups is 1. The molecule has 0 bridgehead atoms. The van der Waals surface area contributed by atoms with E-state index >= 15 is 0 Å². The number of benzene rings is 1. The standard InChI is InChI=1S/C14H20N2O2/c1-8-5-13(17)9(2)4-12(8)16-14(18)10(3)11-6-15-7-11/h4-5,10-11,15,17H,6-7H2,1-3H3,(H,16,18). The predicted octanol–water partition coefficient (Wildman–Crippen LogP) is 1.80. The summed E-state index contributed by atoms with van der Waals surface area (Å²) in [6.45, 7) is 7.50. The van der Waals surface area contributed by atoms with E-state index in [0.717, 1.165) is 29.9 Å². The summed E-state index contributed by atoms with van der Waals surface area (Å²) in [5, 5.41) is 15.7. The van der Waals surface area contributed by atoms with Gasteiger partial charge >= 0.3 is 0 Å². The molecule has 2 rings (SSSR count). The molecule has 4 heteroatoms. The van der Waals surface area contributed by atoms with E-state index in [9.17, 15) is 9.90 Å². The minimum atomic E-state index is 0.0137. The zero-order chi connectivity index (χ0) is 13.3. The van der Waals surface area contributed by atoms with E-state index < -0.39 is 0 Å². The molecule has 18 heavy (non-hydrogen) atoms. The average Bonchev–Trinajstić information content (AvgIpc) is 2.23. The van der Waals surface area contributed by atoms with Gasteiger partial charge in [-0.15, -0.1) is 0 Å². The highest BCUT2D eigenvalue weighted by Gasteiger charge is 2.28. The zero-order valence-electron chi connectivity index (χ0n) is 11.1. The van der Waals surface area contributed by atoms with Crippen molar-refractivity contribution in [3.05, 3.63) is 23.3 Å². The first-order chi connectivity index (χ1) is 8.49. The summed E-state index contributed by atoms with van der Waals surface area (Å²) in [6.07, 6.45) is 0. The molecule has 1 atom stereocenters. The van der Waals surface area contributed by atoms with Crippen molar-refractivity contribution in [3.63, 3.8) is 0 Å². The van der Waals surface area contributed by atoms with E-state index in [0.29, 0.717) is 5.92 Å². The number of aryl methyl sites for hydroxylation is 2. The van der Waals surface area contributed by atoms with E-state index in [1.54, 1.807) is 6.07 Å². The van der Waals surface area contributed by atoms with Gasteiger partial charge in [-0.3, -0.25) is 4.79 Å². The number of phenolic OH excluding ortho intramolecular Hbond substituents is 1. The third kappa shape index (κ3) is 2.48. The number of hydrogen-bond donors (Lipinski definition) is 3. The molecule has 0 aliphatic carbocycles. The van der Waals surface area contributed by atoms with Crippen LogP contribution in [-0.4, -0.2) is 24.1 Å². The van der Waals surface area contributed by atoms with Crippen molar-refractivity contribution in [1.82, 2.24) is 5.32 Å². The van der Waals surface area contributed by atoms with Crippen molar-refractivity contribution >= 4 is 11.6 Å². The van der Waals surface area contributed by atoms with Crippen molar-refractivity contribution in [3.8, 4) is 5.75 Å². The van der Waals surface area contributed by atoms with Crippen LogP contribution in [0.4, 0.5) is 5.69 Å². The zero-order valence-corrected chi connectivity index (χ0v) is 11.1. The Morgan fingerprint density at radius 3 is 2.61 bits per heavy atom. The maximum atomic E-state index is 12.1. The van der Waals surface area contributed by atoms with Gasteiger partial charge in [-0.05, 0) is 56.1 Å². The van der Waals surface area contributed by atoms with Crippen molar-refractivity contribution in [1.29, 1.82) is 0 Å². The SMILES string of the molecule is Cc1cc(NC(=O)C(C)C2CNC2)c(C)cc1O. The highest BCUT2D eigenvalue weighted by molar-refractivity contribution is 5.93. The first kappa shape index (κ1) is 12.9. The number of carbonyl (C=O) groups excluding carboxylic acids is 1. The van der Waals surface area contributed by atoms with E-state index in [4.69, 9.17) is 0 Å². The van der Waals surface area contributed by atoms with Gasteiger partial charge in [-0.2, -0.15) is 0 Å². The van der Waals surface area contributed by atoms with Crippen molar-refractivity contribution in [2.24, 2.45) is 11.8 Å². The highest BCUT2D eigenvalue weighted by Crippen LogP contribution is 2.26. The molecule has 4 nitrogen and oxygen atoms in total. The fraction of sp³-hybridized carbons (Fsp3) is 0.500. The summed E-state index contributed by atoms with van der Waals surface area (Å²) in [6, 6.07) is 3.49. The van der Waals surface area contributed by atoms with Crippen LogP contribution in [0.15, 0.2) is 12.1 Å². The van der Waals surface area contributed by atoms with E-state index in [1.807, 2.05) is 26.8 Å². The lowest BCUT2D eigenvalue weighted by Crippen LogP contribution is -2.48. The van der Waals surface area contributed by atoms with Gasteiger partial charge in [0.15, 0.2) is 0 Å². The van der Waals surface area contributed by atoms with Gasteiger partial charge in [0.1, 0.15) is 5.75 Å². The number of hydrogen-bond acceptors (Lipinski definition) is 3. The minimum absolute atomic E-state index is 0.0137. The molecule has 0 radical (unpaired) electrons. The smallest absolute Gasteiger partial charge is 0.227 e. The lowest BCUT2D eigenvalue weighted by atomic mass is 9.88. The minimum Gasteiger partial charge on any atom is -0.508 e. The number of rotatable bonds is 3. The van der Waals surface area contributed by atoms with Gasteiger partial charge in [0.25, 0.3) is 0 Å². The molecule has 1 amide bonds. The normalized spacial score (nSPS) is 17.1. The molecule has 1 heterocycles. The van der Waals surface area contributed by atoms with Crippen molar-refractivity contribution in [2.45, 2.75) is 20.8 Å². The Labute approximate surface area is 107 Å². The van der Waals surface area contributed by atoms with Crippen LogP contribution in [0, 0.1) is 25.7 Å². The molecule has 1 saturated heterocycles. The lowest BCUT2D eigenvalue weighted by Gasteiger charge is -2.31. The Bertz CT molecular complexity index is 467. The Hall–Kier alpha value is -1.55. The van der Waals surface area contributed by atoms with Crippen LogP contribution in [0.3, 0.4) is 0 Å². The molecule has 0 saturated carbocycles. The van der Waals surface area contributed by atoms with Gasteiger partial charge in [0.05, 0.1) is 0 Å². The van der Waals surface area contributed by atoms with Crippen LogP contribution < -0.4 is 10.6 Å². The quantitative estimate of drug-likeness (QED) is 0.715. The summed E-state index contributed by atoms with van der Waals surface area (Å²) >= 11 is 0. The topological polar surface area (TPSA) is 61.4 Å². The number of amides is 1. The second-order valence-electron chi connectivity index (χ2n) is 5.15. The Morgan fingerprint density at radius 2 is 2.06 bits per heavy atom. The number of anilines is 1. The number of aromatic hydroxyl groups is 1. The van der Waals surface area contributed by atoms with E-state index in [2.05, 4.69) is 10.6 Å². The van der Waals surface area contributed by atoms with Gasteiger partial charge in [0, 0.05) is 11.6 Å². The van der Waals surface area contributed by atoms with Crippen LogP contribution in [0.1, 0.15) is 18.1 Å². The highest BCUT2D eigenvalue weighted by atomic mass is 16.3. The number of phenols is 1. The van der Waals surface area contributed by atoms with Crippen LogP contribution in [0.25, 0.3) is 0 Å². The first-order valence-corrected chi connectivity index (χ1v) is 6.31. The Balaban J connectivity index is 2.08. The fourth-order valence-electron chi connectivity index (χ4n) is 2.06. The molecule has 1 fully saturated rings. The molecular weight excluding hydrogens is 228 g/mol. The number of nitrogens with one attached hydrogen (secondary N) is 2. The Kier molecular flexibility index (Phi) is 3.57. The maximum absolute atomic E-state index is 12.1. The van der Waals surface area contributed by atoms with Crippen LogP contribution in [-0.2, 0) is 4.79 Å². The third-order valence-electron chi connectivity index (χ3n) is 3.73. The molecule has 1 aliphatic heterocycles. The summed E-state index contributed by atoms with van der Waals surface area (Å²) in [5.74, 6) is 0.764. The van der Waals surface area contributed by atoms with E-state index in [-0.39, 0.29) is 17.6 Å². The van der Waals surface area contributed by atoms with Crippen LogP contribution >= 0.6 is 0 Å². The fourth-order valence-corrected chi connectivity index (χ4v) is 2.06. The van der Waals surface area contributed by atoms with E-state index in [1.165, 1.54) is 0 Å².